The molecule has 0 aliphatic rings. The van der Waals surface area contributed by atoms with Crippen molar-refractivity contribution in [1.82, 2.24) is 14.7 Å². The SMILES string of the molecule is Cc1nn(C)c(C)c1C(=O)N(C)CCCCCN. The Hall–Kier alpha value is -1.36. The Morgan fingerprint density at radius 3 is 2.50 bits per heavy atom. The number of carbonyl (C=O) groups excluding carboxylic acids is 1. The van der Waals surface area contributed by atoms with E-state index < -0.39 is 0 Å². The topological polar surface area (TPSA) is 64.2 Å². The predicted molar refractivity (Wildman–Crippen MR) is 72.5 cm³/mol. The van der Waals surface area contributed by atoms with Crippen LogP contribution in [-0.2, 0) is 7.05 Å². The van der Waals surface area contributed by atoms with Crippen LogP contribution in [0.4, 0.5) is 0 Å². The predicted octanol–water partition coefficient (Wildman–Crippen LogP) is 1.24. The van der Waals surface area contributed by atoms with Gasteiger partial charge in [0.2, 0.25) is 0 Å². The van der Waals surface area contributed by atoms with Crippen LogP contribution in [-0.4, -0.2) is 40.7 Å². The number of carbonyl (C=O) groups is 1. The van der Waals surface area contributed by atoms with Gasteiger partial charge in [-0.05, 0) is 33.2 Å². The molecule has 102 valence electrons. The van der Waals surface area contributed by atoms with Crippen molar-refractivity contribution in [3.8, 4) is 0 Å². The molecule has 1 amide bonds. The third-order valence-corrected chi connectivity index (χ3v) is 3.27. The number of rotatable bonds is 6. The third-order valence-electron chi connectivity index (χ3n) is 3.27. The lowest BCUT2D eigenvalue weighted by Gasteiger charge is -2.17. The first-order valence-electron chi connectivity index (χ1n) is 6.44. The number of hydrogen-bond acceptors (Lipinski definition) is 3. The van der Waals surface area contributed by atoms with E-state index >= 15 is 0 Å². The van der Waals surface area contributed by atoms with Gasteiger partial charge in [-0.25, -0.2) is 0 Å². The van der Waals surface area contributed by atoms with Crippen molar-refractivity contribution in [2.45, 2.75) is 33.1 Å². The van der Waals surface area contributed by atoms with Gasteiger partial charge >= 0.3 is 0 Å². The molecule has 0 bridgehead atoms. The van der Waals surface area contributed by atoms with Crippen molar-refractivity contribution >= 4 is 5.91 Å². The molecule has 0 radical (unpaired) electrons. The maximum Gasteiger partial charge on any atom is 0.257 e. The van der Waals surface area contributed by atoms with Gasteiger partial charge in [-0.15, -0.1) is 0 Å². The van der Waals surface area contributed by atoms with Crippen molar-refractivity contribution in [1.29, 1.82) is 0 Å². The molecule has 0 unspecified atom stereocenters. The smallest absolute Gasteiger partial charge is 0.257 e. The first-order chi connectivity index (χ1) is 8.49. The van der Waals surface area contributed by atoms with Crippen molar-refractivity contribution < 1.29 is 4.79 Å². The van der Waals surface area contributed by atoms with Crippen LogP contribution in [0.25, 0.3) is 0 Å². The highest BCUT2D eigenvalue weighted by Crippen LogP contribution is 2.14. The molecule has 0 aromatic carbocycles. The maximum absolute atomic E-state index is 12.3. The molecule has 0 fully saturated rings. The zero-order valence-corrected chi connectivity index (χ0v) is 11.9. The highest BCUT2D eigenvalue weighted by Gasteiger charge is 2.20. The van der Waals surface area contributed by atoms with Crippen LogP contribution >= 0.6 is 0 Å². The molecular formula is C13H24N4O. The summed E-state index contributed by atoms with van der Waals surface area (Å²) in [6.45, 7) is 5.29. The summed E-state index contributed by atoms with van der Waals surface area (Å²) in [4.78, 5) is 14.1. The first-order valence-corrected chi connectivity index (χ1v) is 6.44. The Balaban J connectivity index is 2.63. The van der Waals surface area contributed by atoms with Gasteiger partial charge in [0.15, 0.2) is 0 Å². The molecule has 0 aliphatic heterocycles. The van der Waals surface area contributed by atoms with E-state index in [1.165, 1.54) is 0 Å². The van der Waals surface area contributed by atoms with Crippen LogP contribution in [0.15, 0.2) is 0 Å². The van der Waals surface area contributed by atoms with Gasteiger partial charge in [0.1, 0.15) is 0 Å². The average molecular weight is 252 g/mol. The van der Waals surface area contributed by atoms with E-state index in [1.54, 1.807) is 9.58 Å². The number of aromatic nitrogens is 2. The monoisotopic (exact) mass is 252 g/mol. The van der Waals surface area contributed by atoms with Crippen LogP contribution in [0.3, 0.4) is 0 Å². The number of hydrogen-bond donors (Lipinski definition) is 1. The second kappa shape index (κ2) is 6.54. The third kappa shape index (κ3) is 3.32. The molecule has 0 atom stereocenters. The van der Waals surface area contributed by atoms with Crippen LogP contribution in [0.2, 0.25) is 0 Å². The van der Waals surface area contributed by atoms with E-state index in [2.05, 4.69) is 5.10 Å². The molecule has 5 nitrogen and oxygen atoms in total. The fourth-order valence-electron chi connectivity index (χ4n) is 2.05. The lowest BCUT2D eigenvalue weighted by Crippen LogP contribution is -2.28. The van der Waals surface area contributed by atoms with E-state index in [0.717, 1.165) is 49.3 Å². The van der Waals surface area contributed by atoms with E-state index in [9.17, 15) is 4.79 Å². The molecule has 5 heteroatoms. The number of nitrogens with two attached hydrogens (primary N) is 1. The molecule has 2 N–H and O–H groups in total. The summed E-state index contributed by atoms with van der Waals surface area (Å²) >= 11 is 0. The Kier molecular flexibility index (Phi) is 5.34. The zero-order valence-electron chi connectivity index (χ0n) is 11.9. The van der Waals surface area contributed by atoms with E-state index in [0.29, 0.717) is 0 Å². The minimum Gasteiger partial charge on any atom is -0.342 e. The van der Waals surface area contributed by atoms with Crippen LogP contribution in [0.5, 0.6) is 0 Å². The van der Waals surface area contributed by atoms with Crippen molar-refractivity contribution in [3.63, 3.8) is 0 Å². The Labute approximate surface area is 109 Å². The minimum atomic E-state index is 0.0610. The van der Waals surface area contributed by atoms with Gasteiger partial charge in [-0.2, -0.15) is 5.10 Å². The lowest BCUT2D eigenvalue weighted by molar-refractivity contribution is 0.0791. The Bertz CT molecular complexity index is 411. The molecule has 18 heavy (non-hydrogen) atoms. The second-order valence-corrected chi connectivity index (χ2v) is 4.75. The molecular weight excluding hydrogens is 228 g/mol. The standard InChI is InChI=1S/C13H24N4O/c1-10-12(11(2)17(4)15-10)13(18)16(3)9-7-5-6-8-14/h5-9,14H2,1-4H3. The Morgan fingerprint density at radius 2 is 2.00 bits per heavy atom. The minimum absolute atomic E-state index is 0.0610. The molecule has 0 spiro atoms. The number of aryl methyl sites for hydroxylation is 2. The normalized spacial score (nSPS) is 10.7. The lowest BCUT2D eigenvalue weighted by atomic mass is 10.1. The van der Waals surface area contributed by atoms with Gasteiger partial charge < -0.3 is 10.6 Å². The molecule has 0 aliphatic carbocycles. The average Bonchev–Trinajstić information content (AvgIpc) is 2.58. The van der Waals surface area contributed by atoms with Gasteiger partial charge in [-0.1, -0.05) is 6.42 Å². The highest BCUT2D eigenvalue weighted by atomic mass is 16.2. The van der Waals surface area contributed by atoms with Crippen LogP contribution < -0.4 is 5.73 Å². The molecule has 0 saturated heterocycles. The summed E-state index contributed by atoms with van der Waals surface area (Å²) < 4.78 is 1.75. The number of nitrogens with zero attached hydrogens (tertiary/aromatic N) is 3. The fraction of sp³-hybridized carbons (Fsp3) is 0.692. The molecule has 1 aromatic heterocycles. The van der Waals surface area contributed by atoms with Gasteiger partial charge in [0.05, 0.1) is 11.3 Å². The van der Waals surface area contributed by atoms with Crippen LogP contribution in [0.1, 0.15) is 41.0 Å². The first kappa shape index (κ1) is 14.7. The summed E-state index contributed by atoms with van der Waals surface area (Å²) in [6.07, 6.45) is 3.09. The summed E-state index contributed by atoms with van der Waals surface area (Å²) in [5, 5.41) is 4.28. The molecule has 0 saturated carbocycles. The molecule has 1 rings (SSSR count). The summed E-state index contributed by atoms with van der Waals surface area (Å²) in [5.41, 5.74) is 7.90. The fourth-order valence-corrected chi connectivity index (χ4v) is 2.05. The summed E-state index contributed by atoms with van der Waals surface area (Å²) in [5.74, 6) is 0.0610. The molecule has 1 aromatic rings. The van der Waals surface area contributed by atoms with Gasteiger partial charge in [-0.3, -0.25) is 9.48 Å². The largest absolute Gasteiger partial charge is 0.342 e. The second-order valence-electron chi connectivity index (χ2n) is 4.75. The van der Waals surface area contributed by atoms with Gasteiger partial charge in [0, 0.05) is 26.3 Å². The summed E-state index contributed by atoms with van der Waals surface area (Å²) in [7, 11) is 3.71. The van der Waals surface area contributed by atoms with Gasteiger partial charge in [0.25, 0.3) is 5.91 Å². The van der Waals surface area contributed by atoms with Crippen LogP contribution in [0, 0.1) is 13.8 Å². The van der Waals surface area contributed by atoms with E-state index in [1.807, 2.05) is 27.9 Å². The Morgan fingerprint density at radius 1 is 1.33 bits per heavy atom. The number of unbranched alkanes of at least 4 members (excludes halogenated alkanes) is 2. The number of amides is 1. The van der Waals surface area contributed by atoms with E-state index in [4.69, 9.17) is 5.73 Å². The zero-order chi connectivity index (χ0) is 13.7. The maximum atomic E-state index is 12.3. The molecule has 1 heterocycles. The van der Waals surface area contributed by atoms with Crippen molar-refractivity contribution in [2.24, 2.45) is 12.8 Å². The van der Waals surface area contributed by atoms with E-state index in [-0.39, 0.29) is 5.91 Å². The van der Waals surface area contributed by atoms with Crippen molar-refractivity contribution in [2.75, 3.05) is 20.1 Å². The summed E-state index contributed by atoms with van der Waals surface area (Å²) in [6, 6.07) is 0. The van der Waals surface area contributed by atoms with Crippen molar-refractivity contribution in [3.05, 3.63) is 17.0 Å². The quantitative estimate of drug-likeness (QED) is 0.775. The highest BCUT2D eigenvalue weighted by molar-refractivity contribution is 5.96.